The Morgan fingerprint density at radius 2 is 2.20 bits per heavy atom. The van der Waals surface area contributed by atoms with Crippen molar-refractivity contribution in [2.75, 3.05) is 52.9 Å². The first-order valence-electron chi connectivity index (χ1n) is 10.7. The number of nitrogens with one attached hydrogen (secondary N) is 2. The summed E-state index contributed by atoms with van der Waals surface area (Å²) < 4.78 is 5.88. The number of guanidine groups is 1. The molecule has 3 rings (SSSR count). The zero-order valence-electron chi connectivity index (χ0n) is 18.4. The van der Waals surface area contributed by atoms with Crippen LogP contribution in [0.1, 0.15) is 30.7 Å². The number of amides is 1. The van der Waals surface area contributed by atoms with Crippen LogP contribution in [0, 0.1) is 5.92 Å². The van der Waals surface area contributed by atoms with Crippen LogP contribution in [-0.4, -0.2) is 80.7 Å². The minimum Gasteiger partial charge on any atom is -0.374 e. The van der Waals surface area contributed by atoms with Crippen LogP contribution in [0.2, 0.25) is 0 Å². The third-order valence-electron chi connectivity index (χ3n) is 5.36. The van der Waals surface area contributed by atoms with E-state index in [4.69, 9.17) is 4.74 Å². The molecule has 0 saturated carbocycles. The average Bonchev–Trinajstić information content (AvgIpc) is 3.18. The summed E-state index contributed by atoms with van der Waals surface area (Å²) in [6.07, 6.45) is 1.61. The monoisotopic (exact) mass is 549 g/mol. The predicted octanol–water partition coefficient (Wildman–Crippen LogP) is 2.16. The molecule has 0 radical (unpaired) electrons. The van der Waals surface area contributed by atoms with Gasteiger partial charge in [0.05, 0.1) is 12.7 Å². The van der Waals surface area contributed by atoms with Gasteiger partial charge in [-0.3, -0.25) is 14.7 Å². The van der Waals surface area contributed by atoms with Crippen LogP contribution in [0.5, 0.6) is 0 Å². The number of morpholine rings is 1. The highest BCUT2D eigenvalue weighted by atomic mass is 127. The van der Waals surface area contributed by atoms with Gasteiger partial charge in [-0.05, 0) is 29.3 Å². The van der Waals surface area contributed by atoms with Gasteiger partial charge in [-0.1, -0.05) is 13.8 Å². The molecule has 1 aromatic heterocycles. The molecule has 3 heterocycles. The fourth-order valence-corrected chi connectivity index (χ4v) is 4.81. The van der Waals surface area contributed by atoms with E-state index < -0.39 is 0 Å². The molecule has 2 aliphatic rings. The van der Waals surface area contributed by atoms with Crippen molar-refractivity contribution in [3.63, 3.8) is 0 Å². The van der Waals surface area contributed by atoms with E-state index in [1.54, 1.807) is 18.4 Å². The van der Waals surface area contributed by atoms with Crippen molar-refractivity contribution < 1.29 is 9.53 Å². The van der Waals surface area contributed by atoms with Crippen molar-refractivity contribution in [3.05, 3.63) is 21.9 Å². The standard InChI is InChI=1S/C21H35N5O2S.HI/c1-16(2)13-25-9-10-28-18(15-25)12-24-21(22-3)23-7-4-20(27)26-8-5-19-17(14-26)6-11-29-19;/h6,11,16,18H,4-5,7-10,12-15H2,1-3H3,(H2,22,23,24);1H. The number of ether oxygens (including phenoxy) is 1. The molecule has 2 N–H and O–H groups in total. The molecule has 30 heavy (non-hydrogen) atoms. The summed E-state index contributed by atoms with van der Waals surface area (Å²) in [5.74, 6) is 1.59. The highest BCUT2D eigenvalue weighted by molar-refractivity contribution is 14.0. The summed E-state index contributed by atoms with van der Waals surface area (Å²) in [6.45, 7) is 11.2. The highest BCUT2D eigenvalue weighted by Crippen LogP contribution is 2.24. The van der Waals surface area contributed by atoms with Crippen molar-refractivity contribution >= 4 is 47.2 Å². The van der Waals surface area contributed by atoms with Gasteiger partial charge in [0.15, 0.2) is 5.96 Å². The van der Waals surface area contributed by atoms with E-state index in [0.29, 0.717) is 18.9 Å². The molecular weight excluding hydrogens is 513 g/mol. The molecule has 1 saturated heterocycles. The molecule has 1 atom stereocenters. The molecule has 7 nitrogen and oxygen atoms in total. The number of nitrogens with zero attached hydrogens (tertiary/aromatic N) is 3. The van der Waals surface area contributed by atoms with Crippen molar-refractivity contribution in [3.8, 4) is 0 Å². The van der Waals surface area contributed by atoms with Crippen LogP contribution >= 0.6 is 35.3 Å². The van der Waals surface area contributed by atoms with Gasteiger partial charge >= 0.3 is 0 Å². The Hall–Kier alpha value is -0.910. The molecule has 2 aliphatic heterocycles. The van der Waals surface area contributed by atoms with E-state index in [1.165, 1.54) is 10.4 Å². The third kappa shape index (κ3) is 7.65. The molecule has 1 unspecified atom stereocenters. The van der Waals surface area contributed by atoms with Crippen LogP contribution in [-0.2, 0) is 22.5 Å². The van der Waals surface area contributed by atoms with Gasteiger partial charge in [-0.15, -0.1) is 35.3 Å². The summed E-state index contributed by atoms with van der Waals surface area (Å²) in [5.41, 5.74) is 1.30. The Labute approximate surface area is 201 Å². The number of hydrogen-bond donors (Lipinski definition) is 2. The van der Waals surface area contributed by atoms with Crippen molar-refractivity contribution in [1.29, 1.82) is 0 Å². The second kappa shape index (κ2) is 12.8. The van der Waals surface area contributed by atoms with Gasteiger partial charge in [0, 0.05) is 64.2 Å². The molecule has 0 spiro atoms. The van der Waals surface area contributed by atoms with Crippen molar-refractivity contribution in [1.82, 2.24) is 20.4 Å². The maximum atomic E-state index is 12.5. The SMILES string of the molecule is CN=C(NCCC(=O)N1CCc2sccc2C1)NCC1CN(CC(C)C)CCO1.I. The van der Waals surface area contributed by atoms with Crippen molar-refractivity contribution in [2.24, 2.45) is 10.9 Å². The number of thiophene rings is 1. The number of halogens is 1. The predicted molar refractivity (Wildman–Crippen MR) is 134 cm³/mol. The maximum Gasteiger partial charge on any atom is 0.224 e. The zero-order chi connectivity index (χ0) is 20.6. The first-order chi connectivity index (χ1) is 14.0. The second-order valence-corrected chi connectivity index (χ2v) is 9.21. The summed E-state index contributed by atoms with van der Waals surface area (Å²) in [6, 6.07) is 2.14. The first kappa shape index (κ1) is 25.4. The largest absolute Gasteiger partial charge is 0.374 e. The quantitative estimate of drug-likeness (QED) is 0.310. The Bertz CT molecular complexity index is 697. The molecule has 1 amide bonds. The zero-order valence-corrected chi connectivity index (χ0v) is 21.5. The molecule has 0 bridgehead atoms. The van der Waals surface area contributed by atoms with Gasteiger partial charge in [-0.2, -0.15) is 0 Å². The molecule has 0 aliphatic carbocycles. The minimum atomic E-state index is 0. The summed E-state index contributed by atoms with van der Waals surface area (Å²) in [4.78, 5) is 22.7. The number of hydrogen-bond acceptors (Lipinski definition) is 5. The maximum absolute atomic E-state index is 12.5. The van der Waals surface area contributed by atoms with Crippen molar-refractivity contribution in [2.45, 2.75) is 39.3 Å². The van der Waals surface area contributed by atoms with E-state index in [0.717, 1.165) is 58.3 Å². The molecule has 1 aromatic rings. The number of carbonyl (C=O) groups excluding carboxylic acids is 1. The molecular formula is C21H36IN5O2S. The van der Waals surface area contributed by atoms with Crippen LogP contribution in [0.25, 0.3) is 0 Å². The Morgan fingerprint density at radius 3 is 2.97 bits per heavy atom. The second-order valence-electron chi connectivity index (χ2n) is 8.21. The topological polar surface area (TPSA) is 69.2 Å². The molecule has 1 fully saturated rings. The lowest BCUT2D eigenvalue weighted by molar-refractivity contribution is -0.131. The Morgan fingerprint density at radius 1 is 1.37 bits per heavy atom. The van der Waals surface area contributed by atoms with Crippen LogP contribution in [0.15, 0.2) is 16.4 Å². The summed E-state index contributed by atoms with van der Waals surface area (Å²) >= 11 is 1.80. The molecule has 0 aromatic carbocycles. The number of fused-ring (bicyclic) bond motifs is 1. The Balaban J connectivity index is 0.00000320. The summed E-state index contributed by atoms with van der Waals surface area (Å²) in [5, 5.41) is 8.72. The Kier molecular flexibility index (Phi) is 10.8. The van der Waals surface area contributed by atoms with Gasteiger partial charge < -0.3 is 20.3 Å². The lowest BCUT2D eigenvalue weighted by Gasteiger charge is -2.34. The number of carbonyl (C=O) groups is 1. The van der Waals surface area contributed by atoms with Gasteiger partial charge in [-0.25, -0.2) is 0 Å². The smallest absolute Gasteiger partial charge is 0.224 e. The molecule has 9 heteroatoms. The highest BCUT2D eigenvalue weighted by Gasteiger charge is 2.22. The van der Waals surface area contributed by atoms with E-state index in [2.05, 4.69) is 45.8 Å². The van der Waals surface area contributed by atoms with E-state index in [-0.39, 0.29) is 36.0 Å². The third-order valence-corrected chi connectivity index (χ3v) is 6.38. The fraction of sp³-hybridized carbons (Fsp3) is 0.714. The molecule has 170 valence electrons. The van der Waals surface area contributed by atoms with E-state index >= 15 is 0 Å². The van der Waals surface area contributed by atoms with Crippen LogP contribution in [0.3, 0.4) is 0 Å². The van der Waals surface area contributed by atoms with Crippen LogP contribution < -0.4 is 10.6 Å². The minimum absolute atomic E-state index is 0. The van der Waals surface area contributed by atoms with E-state index in [9.17, 15) is 4.79 Å². The van der Waals surface area contributed by atoms with E-state index in [1.807, 2.05) is 4.90 Å². The first-order valence-corrected chi connectivity index (χ1v) is 11.5. The average molecular weight is 550 g/mol. The fourth-order valence-electron chi connectivity index (χ4n) is 3.92. The lowest BCUT2D eigenvalue weighted by atomic mass is 10.1. The van der Waals surface area contributed by atoms with Gasteiger partial charge in [0.25, 0.3) is 0 Å². The van der Waals surface area contributed by atoms with Crippen LogP contribution in [0.4, 0.5) is 0 Å². The van der Waals surface area contributed by atoms with Gasteiger partial charge in [0.1, 0.15) is 0 Å². The number of rotatable bonds is 7. The lowest BCUT2D eigenvalue weighted by Crippen LogP contribution is -2.50. The number of aliphatic imine (C=N–C) groups is 1. The summed E-state index contributed by atoms with van der Waals surface area (Å²) in [7, 11) is 1.76. The normalized spacial score (nSPS) is 19.9. The van der Waals surface area contributed by atoms with Gasteiger partial charge in [0.2, 0.25) is 5.91 Å².